The fourth-order valence-corrected chi connectivity index (χ4v) is 3.34. The molecule has 2 nitrogen and oxygen atoms in total. The van der Waals surface area contributed by atoms with E-state index in [4.69, 9.17) is 11.6 Å². The van der Waals surface area contributed by atoms with Crippen LogP contribution in [-0.4, -0.2) is 15.8 Å². The van der Waals surface area contributed by atoms with Gasteiger partial charge >= 0.3 is 0 Å². The second-order valence-electron chi connectivity index (χ2n) is 4.21. The highest BCUT2D eigenvalue weighted by Gasteiger charge is 2.38. The Kier molecular flexibility index (Phi) is 3.36. The van der Waals surface area contributed by atoms with Crippen LogP contribution in [0.1, 0.15) is 43.1 Å². The van der Waals surface area contributed by atoms with E-state index in [0.717, 1.165) is 24.1 Å². The van der Waals surface area contributed by atoms with Crippen LogP contribution in [0.25, 0.3) is 0 Å². The highest BCUT2D eigenvalue weighted by atomic mass is 35.5. The van der Waals surface area contributed by atoms with Crippen LogP contribution in [0, 0.1) is 0 Å². The van der Waals surface area contributed by atoms with Crippen LogP contribution in [-0.2, 0) is 0 Å². The Hall–Kier alpha value is -0.0900. The fourth-order valence-electron chi connectivity index (χ4n) is 2.18. The van der Waals surface area contributed by atoms with Gasteiger partial charge in [-0.05, 0) is 25.0 Å². The van der Waals surface area contributed by atoms with Crippen molar-refractivity contribution in [2.24, 2.45) is 0 Å². The number of hydrogen-bond acceptors (Lipinski definition) is 3. The summed E-state index contributed by atoms with van der Waals surface area (Å²) >= 11 is 7.16. The smallest absolute Gasteiger partial charge is 0.117 e. The van der Waals surface area contributed by atoms with Gasteiger partial charge in [-0.2, -0.15) is 0 Å². The Morgan fingerprint density at radius 3 is 2.47 bits per heavy atom. The largest absolute Gasteiger partial charge is 0.387 e. The molecule has 2 N–H and O–H groups in total. The van der Waals surface area contributed by atoms with Crippen LogP contribution in [0.3, 0.4) is 0 Å². The van der Waals surface area contributed by atoms with Gasteiger partial charge in [0.15, 0.2) is 0 Å². The molecule has 0 spiro atoms. The van der Waals surface area contributed by atoms with E-state index in [1.54, 1.807) is 12.1 Å². The van der Waals surface area contributed by atoms with Crippen LogP contribution in [0.5, 0.6) is 0 Å². The molecule has 1 aliphatic rings. The summed E-state index contributed by atoms with van der Waals surface area (Å²) in [6.07, 6.45) is 3.72. The van der Waals surface area contributed by atoms with E-state index in [2.05, 4.69) is 0 Å². The minimum absolute atomic E-state index is 0.656. The van der Waals surface area contributed by atoms with Crippen molar-refractivity contribution in [2.45, 2.75) is 43.8 Å². The third-order valence-electron chi connectivity index (χ3n) is 3.09. The Morgan fingerprint density at radius 1 is 1.27 bits per heavy atom. The molecule has 0 aromatic carbocycles. The number of hydrogen-bond donors (Lipinski definition) is 2. The standard InChI is InChI=1S/C11H15ClO2S/c12-9-5-4-8(15-9)10(13)11(14)6-2-1-3-7-11/h4-5,10,13-14H,1-3,6-7H2. The van der Waals surface area contributed by atoms with Gasteiger partial charge in [0.2, 0.25) is 0 Å². The normalized spacial score (nSPS) is 22.6. The zero-order chi connectivity index (χ0) is 10.9. The zero-order valence-corrected chi connectivity index (χ0v) is 10.0. The molecule has 15 heavy (non-hydrogen) atoms. The van der Waals surface area contributed by atoms with E-state index in [0.29, 0.717) is 17.2 Å². The summed E-state index contributed by atoms with van der Waals surface area (Å²) in [4.78, 5) is 0.768. The SMILES string of the molecule is OC(c1ccc(Cl)s1)C1(O)CCCCC1. The first-order chi connectivity index (χ1) is 7.12. The molecule has 0 amide bonds. The summed E-state index contributed by atoms with van der Waals surface area (Å²) in [6, 6.07) is 3.56. The van der Waals surface area contributed by atoms with E-state index in [-0.39, 0.29) is 0 Å². The minimum atomic E-state index is -0.938. The molecule has 0 aliphatic heterocycles. The Labute approximate surface area is 98.5 Å². The molecular formula is C11H15ClO2S. The zero-order valence-electron chi connectivity index (χ0n) is 8.45. The van der Waals surface area contributed by atoms with E-state index < -0.39 is 11.7 Å². The van der Waals surface area contributed by atoms with Crippen molar-refractivity contribution in [3.05, 3.63) is 21.3 Å². The molecule has 1 atom stereocenters. The summed E-state index contributed by atoms with van der Waals surface area (Å²) in [6.45, 7) is 0. The molecule has 1 fully saturated rings. The lowest BCUT2D eigenvalue weighted by Gasteiger charge is -2.35. The maximum atomic E-state index is 10.3. The van der Waals surface area contributed by atoms with E-state index in [1.165, 1.54) is 11.3 Å². The van der Waals surface area contributed by atoms with Gasteiger partial charge < -0.3 is 10.2 Å². The third kappa shape index (κ3) is 2.36. The molecule has 1 heterocycles. The lowest BCUT2D eigenvalue weighted by molar-refractivity contribution is -0.0977. The van der Waals surface area contributed by atoms with Gasteiger partial charge in [0.25, 0.3) is 0 Å². The molecule has 0 saturated heterocycles. The average Bonchev–Trinajstić information content (AvgIpc) is 2.65. The quantitative estimate of drug-likeness (QED) is 0.842. The molecule has 4 heteroatoms. The summed E-state index contributed by atoms with van der Waals surface area (Å²) in [5, 5.41) is 20.4. The van der Waals surface area contributed by atoms with Crippen molar-refractivity contribution in [2.75, 3.05) is 0 Å². The van der Waals surface area contributed by atoms with E-state index in [1.807, 2.05) is 0 Å². The predicted molar refractivity (Wildman–Crippen MR) is 62.3 cm³/mol. The molecule has 1 saturated carbocycles. The Morgan fingerprint density at radius 2 is 1.93 bits per heavy atom. The topological polar surface area (TPSA) is 40.5 Å². The molecular weight excluding hydrogens is 232 g/mol. The molecule has 1 unspecified atom stereocenters. The minimum Gasteiger partial charge on any atom is -0.387 e. The first-order valence-electron chi connectivity index (χ1n) is 5.27. The van der Waals surface area contributed by atoms with Crippen LogP contribution in [0.4, 0.5) is 0 Å². The summed E-state index contributed by atoms with van der Waals surface area (Å²) in [5.41, 5.74) is -0.938. The number of aliphatic hydroxyl groups excluding tert-OH is 1. The maximum absolute atomic E-state index is 10.3. The lowest BCUT2D eigenvalue weighted by atomic mass is 9.80. The van der Waals surface area contributed by atoms with Crippen LogP contribution in [0.2, 0.25) is 4.34 Å². The molecule has 0 bridgehead atoms. The molecule has 0 radical (unpaired) electrons. The highest BCUT2D eigenvalue weighted by Crippen LogP contribution is 2.41. The fraction of sp³-hybridized carbons (Fsp3) is 0.636. The van der Waals surface area contributed by atoms with Crippen molar-refractivity contribution in [1.82, 2.24) is 0 Å². The van der Waals surface area contributed by atoms with Crippen molar-refractivity contribution < 1.29 is 10.2 Å². The van der Waals surface area contributed by atoms with Gasteiger partial charge in [0, 0.05) is 4.88 Å². The van der Waals surface area contributed by atoms with Crippen molar-refractivity contribution >= 4 is 22.9 Å². The van der Waals surface area contributed by atoms with Crippen LogP contribution in [0.15, 0.2) is 12.1 Å². The average molecular weight is 247 g/mol. The van der Waals surface area contributed by atoms with Crippen molar-refractivity contribution in [1.29, 1.82) is 0 Å². The van der Waals surface area contributed by atoms with Crippen LogP contribution >= 0.6 is 22.9 Å². The Balaban J connectivity index is 2.15. The highest BCUT2D eigenvalue weighted by molar-refractivity contribution is 7.16. The number of aliphatic hydroxyl groups is 2. The number of halogens is 1. The molecule has 84 valence electrons. The summed E-state index contributed by atoms with van der Waals surface area (Å²) in [7, 11) is 0. The first-order valence-corrected chi connectivity index (χ1v) is 6.47. The third-order valence-corrected chi connectivity index (χ3v) is 4.38. The molecule has 1 aliphatic carbocycles. The van der Waals surface area contributed by atoms with Gasteiger partial charge in [-0.1, -0.05) is 30.9 Å². The molecule has 2 rings (SSSR count). The molecule has 1 aromatic rings. The van der Waals surface area contributed by atoms with Gasteiger partial charge in [0.05, 0.1) is 9.94 Å². The van der Waals surface area contributed by atoms with Gasteiger partial charge in [-0.25, -0.2) is 0 Å². The lowest BCUT2D eigenvalue weighted by Crippen LogP contribution is -2.37. The molecule has 1 aromatic heterocycles. The van der Waals surface area contributed by atoms with E-state index >= 15 is 0 Å². The first kappa shape index (κ1) is 11.4. The van der Waals surface area contributed by atoms with Gasteiger partial charge in [-0.15, -0.1) is 11.3 Å². The van der Waals surface area contributed by atoms with Crippen molar-refractivity contribution in [3.8, 4) is 0 Å². The Bertz CT molecular complexity index is 331. The second-order valence-corrected chi connectivity index (χ2v) is 5.96. The second kappa shape index (κ2) is 4.42. The monoisotopic (exact) mass is 246 g/mol. The summed E-state index contributed by atoms with van der Waals surface area (Å²) in [5.74, 6) is 0. The number of thiophene rings is 1. The van der Waals surface area contributed by atoms with Gasteiger partial charge in [-0.3, -0.25) is 0 Å². The number of rotatable bonds is 2. The predicted octanol–water partition coefficient (Wildman–Crippen LogP) is 3.13. The summed E-state index contributed by atoms with van der Waals surface area (Å²) < 4.78 is 0.656. The van der Waals surface area contributed by atoms with E-state index in [9.17, 15) is 10.2 Å². The maximum Gasteiger partial charge on any atom is 0.117 e. The van der Waals surface area contributed by atoms with Gasteiger partial charge in [0.1, 0.15) is 6.10 Å². The van der Waals surface area contributed by atoms with Crippen molar-refractivity contribution in [3.63, 3.8) is 0 Å². The van der Waals surface area contributed by atoms with Crippen LogP contribution < -0.4 is 0 Å².